The highest BCUT2D eigenvalue weighted by Gasteiger charge is 2.38. The molecule has 1 saturated carbocycles. The van der Waals surface area contributed by atoms with E-state index >= 15 is 0 Å². The quantitative estimate of drug-likeness (QED) is 0.713. The van der Waals surface area contributed by atoms with Crippen molar-refractivity contribution in [1.82, 2.24) is 15.2 Å². The van der Waals surface area contributed by atoms with E-state index < -0.39 is 11.7 Å². The fraction of sp³-hybridized carbons (Fsp3) is 0.708. The van der Waals surface area contributed by atoms with Crippen molar-refractivity contribution in [3.63, 3.8) is 0 Å². The smallest absolute Gasteiger partial charge is 0.407 e. The van der Waals surface area contributed by atoms with Crippen LogP contribution in [0.5, 0.6) is 5.75 Å². The summed E-state index contributed by atoms with van der Waals surface area (Å²) in [5.41, 5.74) is 0.550. The number of ether oxygens (including phenoxy) is 3. The van der Waals surface area contributed by atoms with Crippen LogP contribution >= 0.6 is 0 Å². The Labute approximate surface area is 190 Å². The summed E-state index contributed by atoms with van der Waals surface area (Å²) in [4.78, 5) is 31.7. The minimum absolute atomic E-state index is 0.0511. The molecule has 1 aliphatic carbocycles. The lowest BCUT2D eigenvalue weighted by atomic mass is 9.82. The van der Waals surface area contributed by atoms with E-state index in [2.05, 4.69) is 10.3 Å². The number of fused-ring (bicyclic) bond motifs is 5. The number of alkyl carbamates (subject to hydrolysis) is 1. The number of piperidine rings is 1. The molecule has 4 heterocycles. The molecule has 0 aromatic carbocycles. The van der Waals surface area contributed by atoms with Crippen molar-refractivity contribution >= 4 is 12.0 Å². The van der Waals surface area contributed by atoms with Crippen LogP contribution in [0.2, 0.25) is 0 Å². The van der Waals surface area contributed by atoms with Gasteiger partial charge in [0.25, 0.3) is 5.91 Å². The average molecular weight is 446 g/mol. The monoisotopic (exact) mass is 445 g/mol. The van der Waals surface area contributed by atoms with Crippen molar-refractivity contribution in [2.75, 3.05) is 19.8 Å². The van der Waals surface area contributed by atoms with E-state index in [1.807, 2.05) is 31.7 Å². The Morgan fingerprint density at radius 3 is 2.75 bits per heavy atom. The molecule has 0 radical (unpaired) electrons. The summed E-state index contributed by atoms with van der Waals surface area (Å²) in [6, 6.07) is 1.53. The van der Waals surface area contributed by atoms with Gasteiger partial charge in [0, 0.05) is 18.3 Å². The third kappa shape index (κ3) is 5.52. The van der Waals surface area contributed by atoms with E-state index in [9.17, 15) is 9.59 Å². The van der Waals surface area contributed by atoms with Crippen molar-refractivity contribution in [1.29, 1.82) is 0 Å². The molecule has 0 spiro atoms. The molecule has 176 valence electrons. The van der Waals surface area contributed by atoms with Gasteiger partial charge in [0.05, 0.1) is 31.0 Å². The van der Waals surface area contributed by atoms with Gasteiger partial charge < -0.3 is 24.4 Å². The van der Waals surface area contributed by atoms with Gasteiger partial charge in [0.2, 0.25) is 0 Å². The van der Waals surface area contributed by atoms with Crippen LogP contribution in [0.1, 0.15) is 70.8 Å². The van der Waals surface area contributed by atoms with E-state index in [0.717, 1.165) is 44.1 Å². The summed E-state index contributed by atoms with van der Waals surface area (Å²) in [5.74, 6) is 0.991. The predicted octanol–water partition coefficient (Wildman–Crippen LogP) is 3.40. The van der Waals surface area contributed by atoms with E-state index in [1.54, 1.807) is 12.4 Å². The van der Waals surface area contributed by atoms with Crippen molar-refractivity contribution < 1.29 is 23.8 Å². The molecule has 2 atom stereocenters. The van der Waals surface area contributed by atoms with Crippen LogP contribution in [0.3, 0.4) is 0 Å². The summed E-state index contributed by atoms with van der Waals surface area (Å²) in [5, 5.41) is 2.99. The highest BCUT2D eigenvalue weighted by atomic mass is 16.6. The highest BCUT2D eigenvalue weighted by molar-refractivity contribution is 5.78. The van der Waals surface area contributed by atoms with E-state index in [1.165, 1.54) is 0 Å². The van der Waals surface area contributed by atoms with Crippen molar-refractivity contribution in [3.8, 4) is 5.75 Å². The van der Waals surface area contributed by atoms with Gasteiger partial charge in [-0.25, -0.2) is 4.79 Å². The minimum atomic E-state index is -0.580. The number of hydrogen-bond donors (Lipinski definition) is 1. The third-order valence-corrected chi connectivity index (χ3v) is 6.59. The fourth-order valence-corrected chi connectivity index (χ4v) is 5.05. The molecule has 5 rings (SSSR count). The number of carbonyl (C=O) groups is 2. The molecule has 8 nitrogen and oxygen atoms in total. The number of hydrogen-bond acceptors (Lipinski definition) is 6. The first-order chi connectivity index (χ1) is 15.3. The number of rotatable bonds is 1. The van der Waals surface area contributed by atoms with Crippen LogP contribution in [0, 0.1) is 0 Å². The summed E-state index contributed by atoms with van der Waals surface area (Å²) in [6.45, 7) is 6.49. The Morgan fingerprint density at radius 2 is 2.00 bits per heavy atom. The summed E-state index contributed by atoms with van der Waals surface area (Å²) in [7, 11) is 0. The van der Waals surface area contributed by atoms with Gasteiger partial charge in [0.1, 0.15) is 11.4 Å². The molecular weight excluding hydrogens is 410 g/mol. The first-order valence-corrected chi connectivity index (χ1v) is 11.8. The van der Waals surface area contributed by atoms with Gasteiger partial charge >= 0.3 is 6.09 Å². The number of amides is 2. The van der Waals surface area contributed by atoms with Crippen LogP contribution in [0.25, 0.3) is 0 Å². The molecule has 2 fully saturated rings. The maximum Gasteiger partial charge on any atom is 0.407 e. The third-order valence-electron chi connectivity index (χ3n) is 6.59. The van der Waals surface area contributed by atoms with Crippen molar-refractivity contribution in [2.24, 2.45) is 0 Å². The normalized spacial score (nSPS) is 28.8. The second-order valence-corrected chi connectivity index (χ2v) is 10.1. The topological polar surface area (TPSA) is 90.0 Å². The SMILES string of the molecule is CC(C)(C)OC(=O)N[C@H]1CCCN2C(=O)COc3cnccc3C3CCC(CC3)OC[C@@H]12. The zero-order valence-electron chi connectivity index (χ0n) is 19.3. The van der Waals surface area contributed by atoms with Gasteiger partial charge in [-0.05, 0) is 71.3 Å². The number of pyridine rings is 1. The van der Waals surface area contributed by atoms with Crippen LogP contribution in [-0.4, -0.2) is 65.4 Å². The zero-order valence-corrected chi connectivity index (χ0v) is 19.3. The van der Waals surface area contributed by atoms with E-state index in [4.69, 9.17) is 14.2 Å². The van der Waals surface area contributed by atoms with Gasteiger partial charge in [-0.3, -0.25) is 9.78 Å². The van der Waals surface area contributed by atoms with Crippen molar-refractivity contribution in [3.05, 3.63) is 24.0 Å². The molecule has 1 saturated heterocycles. The van der Waals surface area contributed by atoms with Gasteiger partial charge in [-0.15, -0.1) is 0 Å². The van der Waals surface area contributed by atoms with E-state index in [-0.39, 0.29) is 30.7 Å². The lowest BCUT2D eigenvalue weighted by molar-refractivity contribution is -0.140. The van der Waals surface area contributed by atoms with Crippen molar-refractivity contribution in [2.45, 2.75) is 89.0 Å². The molecule has 2 bridgehead atoms. The Morgan fingerprint density at radius 1 is 1.22 bits per heavy atom. The van der Waals surface area contributed by atoms with Crippen LogP contribution < -0.4 is 10.1 Å². The Bertz CT molecular complexity index is 816. The number of nitrogens with zero attached hydrogens (tertiary/aromatic N) is 2. The molecule has 1 aromatic heterocycles. The summed E-state index contributed by atoms with van der Waals surface area (Å²) < 4.78 is 17.8. The second kappa shape index (κ2) is 9.65. The van der Waals surface area contributed by atoms with Crippen LogP contribution in [0.4, 0.5) is 4.79 Å². The molecule has 2 amide bonds. The maximum atomic E-state index is 13.2. The van der Waals surface area contributed by atoms with Gasteiger partial charge in [-0.2, -0.15) is 0 Å². The van der Waals surface area contributed by atoms with Crippen LogP contribution in [0.15, 0.2) is 18.5 Å². The standard InChI is InChI=1S/C24H35N3O5/c1-24(2,3)32-23(29)26-19-5-4-12-27-20(19)14-30-17-8-6-16(7-9-17)18-10-11-25-13-21(18)31-15-22(27)28/h10-11,13,16-17,19-20H,4-9,12,14-15H2,1-3H3,(H,26,29)/t16?,17?,19-,20-/m0/s1. The maximum absolute atomic E-state index is 13.2. The Hall–Kier alpha value is -2.35. The summed E-state index contributed by atoms with van der Waals surface area (Å²) in [6.07, 6.45) is 8.76. The fourth-order valence-electron chi connectivity index (χ4n) is 5.05. The minimum Gasteiger partial charge on any atom is -0.482 e. The molecule has 4 aliphatic rings. The molecular formula is C24H35N3O5. The molecule has 0 unspecified atom stereocenters. The highest BCUT2D eigenvalue weighted by Crippen LogP contribution is 2.38. The second-order valence-electron chi connectivity index (χ2n) is 10.1. The van der Waals surface area contributed by atoms with E-state index in [0.29, 0.717) is 24.8 Å². The Kier molecular flexibility index (Phi) is 6.88. The first-order valence-electron chi connectivity index (χ1n) is 11.8. The lowest BCUT2D eigenvalue weighted by Crippen LogP contribution is -2.60. The number of aromatic nitrogens is 1. The number of carbonyl (C=O) groups excluding carboxylic acids is 2. The Balaban J connectivity index is 1.54. The van der Waals surface area contributed by atoms with Gasteiger partial charge in [-0.1, -0.05) is 0 Å². The van der Waals surface area contributed by atoms with Crippen LogP contribution in [-0.2, 0) is 14.3 Å². The summed E-state index contributed by atoms with van der Waals surface area (Å²) >= 11 is 0. The zero-order chi connectivity index (χ0) is 22.7. The molecule has 32 heavy (non-hydrogen) atoms. The predicted molar refractivity (Wildman–Crippen MR) is 119 cm³/mol. The van der Waals surface area contributed by atoms with Gasteiger partial charge in [0.15, 0.2) is 6.61 Å². The molecule has 1 N–H and O–H groups in total. The average Bonchev–Trinajstić information content (AvgIpc) is 2.76. The lowest BCUT2D eigenvalue weighted by Gasteiger charge is -2.42. The molecule has 1 aromatic rings. The first kappa shape index (κ1) is 22.8. The number of nitrogens with one attached hydrogen (secondary N) is 1. The molecule has 8 heteroatoms. The molecule has 3 aliphatic heterocycles. The largest absolute Gasteiger partial charge is 0.482 e.